The highest BCUT2D eigenvalue weighted by molar-refractivity contribution is 7.22. The van der Waals surface area contributed by atoms with Crippen molar-refractivity contribution in [2.75, 3.05) is 5.73 Å². The van der Waals surface area contributed by atoms with E-state index in [1.807, 2.05) is 23.9 Å². The number of aromatic nitrogens is 4. The Balaban J connectivity index is 2.12. The molecular weight excluding hydrogens is 270 g/mol. The van der Waals surface area contributed by atoms with Crippen LogP contribution in [-0.4, -0.2) is 19.7 Å². The molecule has 0 saturated carbocycles. The maximum atomic E-state index is 5.74. The molecule has 104 valence electrons. The molecule has 20 heavy (non-hydrogen) atoms. The molecule has 0 aliphatic rings. The Bertz CT molecular complexity index is 779. The summed E-state index contributed by atoms with van der Waals surface area (Å²) in [5.41, 5.74) is 7.64. The predicted octanol–water partition coefficient (Wildman–Crippen LogP) is 2.97. The highest BCUT2D eigenvalue weighted by Crippen LogP contribution is 2.29. The van der Waals surface area contributed by atoms with Gasteiger partial charge in [0.05, 0.1) is 10.2 Å². The van der Waals surface area contributed by atoms with Gasteiger partial charge in [-0.25, -0.2) is 14.6 Å². The average Bonchev–Trinajstić information content (AvgIpc) is 2.89. The molecule has 0 radical (unpaired) electrons. The fraction of sp³-hybridized carbons (Fsp3) is 0.357. The number of fused-ring (bicyclic) bond motifs is 1. The molecule has 3 aromatic rings. The van der Waals surface area contributed by atoms with E-state index in [0.29, 0.717) is 5.13 Å². The van der Waals surface area contributed by atoms with Crippen molar-refractivity contribution in [3.63, 3.8) is 0 Å². The minimum absolute atomic E-state index is 0.0605. The molecular formula is C14H17N5S. The molecule has 2 aromatic heterocycles. The lowest BCUT2D eigenvalue weighted by Gasteiger charge is -2.11. The molecule has 0 aliphatic carbocycles. The number of thiazole rings is 1. The molecule has 2 heterocycles. The van der Waals surface area contributed by atoms with Crippen LogP contribution in [0.25, 0.3) is 21.6 Å². The number of hydrogen-bond acceptors (Lipinski definition) is 5. The second-order valence-corrected chi connectivity index (χ2v) is 6.93. The van der Waals surface area contributed by atoms with Crippen molar-refractivity contribution in [3.05, 3.63) is 24.0 Å². The third-order valence-corrected chi connectivity index (χ3v) is 3.94. The third-order valence-electron chi connectivity index (χ3n) is 3.10. The Labute approximate surface area is 121 Å². The monoisotopic (exact) mass is 287 g/mol. The van der Waals surface area contributed by atoms with Gasteiger partial charge < -0.3 is 5.73 Å². The maximum Gasteiger partial charge on any atom is 0.181 e. The zero-order valence-corrected chi connectivity index (χ0v) is 12.8. The van der Waals surface area contributed by atoms with Gasteiger partial charge in [-0.2, -0.15) is 5.10 Å². The lowest BCUT2D eigenvalue weighted by Crippen LogP contribution is -2.13. The van der Waals surface area contributed by atoms with Gasteiger partial charge in [0.1, 0.15) is 0 Å². The summed E-state index contributed by atoms with van der Waals surface area (Å²) in [6, 6.07) is 6.06. The lowest BCUT2D eigenvalue weighted by molar-refractivity contribution is 0.538. The summed E-state index contributed by atoms with van der Waals surface area (Å²) in [6.07, 6.45) is 0. The summed E-state index contributed by atoms with van der Waals surface area (Å²) in [6.45, 7) is 6.33. The van der Waals surface area contributed by atoms with Gasteiger partial charge in [0.15, 0.2) is 16.8 Å². The van der Waals surface area contributed by atoms with E-state index in [-0.39, 0.29) is 5.41 Å². The fourth-order valence-electron chi connectivity index (χ4n) is 2.04. The largest absolute Gasteiger partial charge is 0.375 e. The van der Waals surface area contributed by atoms with Gasteiger partial charge in [-0.1, -0.05) is 32.1 Å². The summed E-state index contributed by atoms with van der Waals surface area (Å²) in [5.74, 6) is 1.71. The Kier molecular flexibility index (Phi) is 2.79. The van der Waals surface area contributed by atoms with Gasteiger partial charge in [0.25, 0.3) is 0 Å². The molecule has 0 spiro atoms. The van der Waals surface area contributed by atoms with Gasteiger partial charge in [-0.15, -0.1) is 0 Å². The minimum atomic E-state index is -0.0605. The van der Waals surface area contributed by atoms with Crippen LogP contribution in [0.5, 0.6) is 0 Å². The van der Waals surface area contributed by atoms with Gasteiger partial charge in [0, 0.05) is 18.0 Å². The first kappa shape index (κ1) is 13.1. The number of nitrogens with two attached hydrogens (primary N) is 1. The van der Waals surface area contributed by atoms with Crippen molar-refractivity contribution in [2.24, 2.45) is 7.05 Å². The molecule has 0 saturated heterocycles. The van der Waals surface area contributed by atoms with E-state index in [1.165, 1.54) is 11.3 Å². The van der Waals surface area contributed by atoms with E-state index >= 15 is 0 Å². The molecule has 0 bridgehead atoms. The standard InChI is InChI=1S/C14H17N5S/c1-14(2,3)12-17-11(19(4)18-12)8-5-6-9-10(7-8)20-13(15)16-9/h5-7H,1-4H3,(H2,15,16). The first-order valence-electron chi connectivity index (χ1n) is 6.42. The van der Waals surface area contributed by atoms with Gasteiger partial charge in [-0.05, 0) is 18.2 Å². The SMILES string of the molecule is Cn1nc(C(C)(C)C)nc1-c1ccc2nc(N)sc2c1. The number of anilines is 1. The number of hydrogen-bond donors (Lipinski definition) is 1. The molecule has 0 amide bonds. The van der Waals surface area contributed by atoms with Crippen LogP contribution < -0.4 is 5.73 Å². The van der Waals surface area contributed by atoms with Crippen molar-refractivity contribution in [3.8, 4) is 11.4 Å². The van der Waals surface area contributed by atoms with Gasteiger partial charge >= 0.3 is 0 Å². The molecule has 5 nitrogen and oxygen atoms in total. The number of nitrogens with zero attached hydrogens (tertiary/aromatic N) is 4. The van der Waals surface area contributed by atoms with Crippen molar-refractivity contribution in [1.29, 1.82) is 0 Å². The summed E-state index contributed by atoms with van der Waals surface area (Å²) in [5, 5.41) is 5.10. The summed E-state index contributed by atoms with van der Waals surface area (Å²) >= 11 is 1.49. The third kappa shape index (κ3) is 2.16. The first-order valence-corrected chi connectivity index (χ1v) is 7.24. The number of rotatable bonds is 1. The highest BCUT2D eigenvalue weighted by atomic mass is 32.1. The molecule has 1 aromatic carbocycles. The molecule has 0 unspecified atom stereocenters. The van der Waals surface area contributed by atoms with Crippen LogP contribution in [0.4, 0.5) is 5.13 Å². The second-order valence-electron chi connectivity index (χ2n) is 5.87. The second kappa shape index (κ2) is 4.28. The van der Waals surface area contributed by atoms with E-state index in [4.69, 9.17) is 5.73 Å². The van der Waals surface area contributed by atoms with E-state index in [9.17, 15) is 0 Å². The van der Waals surface area contributed by atoms with E-state index in [1.54, 1.807) is 0 Å². The van der Waals surface area contributed by atoms with E-state index in [0.717, 1.165) is 27.4 Å². The van der Waals surface area contributed by atoms with Crippen LogP contribution in [0, 0.1) is 0 Å². The number of aryl methyl sites for hydroxylation is 1. The van der Waals surface area contributed by atoms with Crippen LogP contribution in [0.2, 0.25) is 0 Å². The smallest absolute Gasteiger partial charge is 0.181 e. The van der Waals surface area contributed by atoms with Crippen molar-refractivity contribution in [2.45, 2.75) is 26.2 Å². The zero-order chi connectivity index (χ0) is 14.5. The summed E-state index contributed by atoms with van der Waals surface area (Å²) in [4.78, 5) is 8.94. The number of nitrogen functional groups attached to an aromatic ring is 1. The van der Waals surface area contributed by atoms with E-state index < -0.39 is 0 Å². The average molecular weight is 287 g/mol. The van der Waals surface area contributed by atoms with Gasteiger partial charge in [0.2, 0.25) is 0 Å². The van der Waals surface area contributed by atoms with Crippen LogP contribution >= 0.6 is 11.3 Å². The van der Waals surface area contributed by atoms with Gasteiger partial charge in [-0.3, -0.25) is 0 Å². The minimum Gasteiger partial charge on any atom is -0.375 e. The summed E-state index contributed by atoms with van der Waals surface area (Å²) in [7, 11) is 1.92. The summed E-state index contributed by atoms with van der Waals surface area (Å²) < 4.78 is 2.90. The lowest BCUT2D eigenvalue weighted by atomic mass is 9.96. The normalized spacial score (nSPS) is 12.2. The van der Waals surface area contributed by atoms with Crippen molar-refractivity contribution in [1.82, 2.24) is 19.7 Å². The maximum absolute atomic E-state index is 5.74. The van der Waals surface area contributed by atoms with E-state index in [2.05, 4.69) is 41.9 Å². The van der Waals surface area contributed by atoms with Crippen molar-refractivity contribution < 1.29 is 0 Å². The fourth-order valence-corrected chi connectivity index (χ4v) is 2.81. The molecule has 0 atom stereocenters. The Hall–Kier alpha value is -1.95. The molecule has 0 aliphatic heterocycles. The quantitative estimate of drug-likeness (QED) is 0.747. The van der Waals surface area contributed by atoms with Crippen LogP contribution in [0.3, 0.4) is 0 Å². The molecule has 6 heteroatoms. The predicted molar refractivity (Wildman–Crippen MR) is 82.7 cm³/mol. The Morgan fingerprint density at radius 2 is 1.95 bits per heavy atom. The highest BCUT2D eigenvalue weighted by Gasteiger charge is 2.21. The van der Waals surface area contributed by atoms with Crippen molar-refractivity contribution >= 4 is 26.7 Å². The van der Waals surface area contributed by atoms with Crippen LogP contribution in [0.15, 0.2) is 18.2 Å². The molecule has 2 N–H and O–H groups in total. The van der Waals surface area contributed by atoms with Crippen LogP contribution in [0.1, 0.15) is 26.6 Å². The number of benzene rings is 1. The molecule has 3 rings (SSSR count). The zero-order valence-electron chi connectivity index (χ0n) is 12.0. The molecule has 0 fully saturated rings. The van der Waals surface area contributed by atoms with Crippen LogP contribution in [-0.2, 0) is 12.5 Å². The Morgan fingerprint density at radius 3 is 2.60 bits per heavy atom. The topological polar surface area (TPSA) is 69.6 Å². The first-order chi connectivity index (χ1) is 9.34. The Morgan fingerprint density at radius 1 is 1.20 bits per heavy atom.